The zero-order chi connectivity index (χ0) is 16.9. The molecule has 2 aliphatic rings. The Morgan fingerprint density at radius 1 is 1.26 bits per heavy atom. The maximum atomic E-state index is 12.3. The highest BCUT2D eigenvalue weighted by molar-refractivity contribution is 8.01. The molecule has 2 aliphatic heterocycles. The van der Waals surface area contributed by atoms with Crippen LogP contribution in [0.2, 0.25) is 0 Å². The average molecular weight is 337 g/mol. The predicted molar refractivity (Wildman–Crippen MR) is 100 cm³/mol. The summed E-state index contributed by atoms with van der Waals surface area (Å²) in [6, 6.07) is 0.0835. The van der Waals surface area contributed by atoms with E-state index in [0.29, 0.717) is 0 Å². The van der Waals surface area contributed by atoms with E-state index in [4.69, 9.17) is 0 Å². The first-order chi connectivity index (χ1) is 11.0. The van der Waals surface area contributed by atoms with Gasteiger partial charge in [0.25, 0.3) is 0 Å². The maximum absolute atomic E-state index is 12.3. The smallest absolute Gasteiger partial charge is 0.249 e. The molecule has 2 heterocycles. The molecule has 0 radical (unpaired) electrons. The van der Waals surface area contributed by atoms with Gasteiger partial charge in [0, 0.05) is 4.75 Å². The number of rotatable bonds is 10. The third-order valence-electron chi connectivity index (χ3n) is 4.86. The summed E-state index contributed by atoms with van der Waals surface area (Å²) in [6.07, 6.45) is 15.1. The molecule has 0 saturated carbocycles. The van der Waals surface area contributed by atoms with Gasteiger partial charge in [0.1, 0.15) is 11.4 Å². The van der Waals surface area contributed by atoms with Gasteiger partial charge < -0.3 is 10.2 Å². The van der Waals surface area contributed by atoms with Gasteiger partial charge in [-0.25, -0.2) is 0 Å². The van der Waals surface area contributed by atoms with Gasteiger partial charge in [0.2, 0.25) is 5.91 Å². The molecule has 0 aromatic rings. The molecule has 0 unspecified atom stereocenters. The van der Waals surface area contributed by atoms with E-state index < -0.39 is 0 Å². The van der Waals surface area contributed by atoms with Gasteiger partial charge in [-0.3, -0.25) is 4.79 Å². The summed E-state index contributed by atoms with van der Waals surface area (Å²) in [5.74, 6) is 0.210. The summed E-state index contributed by atoms with van der Waals surface area (Å²) < 4.78 is 0.0563. The molecule has 2 fully saturated rings. The van der Waals surface area contributed by atoms with Crippen LogP contribution in [0.3, 0.4) is 0 Å². The highest BCUT2D eigenvalue weighted by Crippen LogP contribution is 2.50. The van der Waals surface area contributed by atoms with Crippen LogP contribution in [0.25, 0.3) is 0 Å². The first kappa shape index (κ1) is 18.4. The summed E-state index contributed by atoms with van der Waals surface area (Å²) in [7, 11) is 0. The molecule has 0 aromatic carbocycles. The third kappa shape index (κ3) is 4.14. The highest BCUT2D eigenvalue weighted by Gasteiger charge is 2.60. The Morgan fingerprint density at radius 2 is 1.96 bits per heavy atom. The Morgan fingerprint density at radius 3 is 2.65 bits per heavy atom. The Labute approximate surface area is 146 Å². The number of thioether (sulfide) groups is 1. The number of fused-ring (bicyclic) bond motifs is 1. The van der Waals surface area contributed by atoms with Crippen LogP contribution in [0.15, 0.2) is 24.9 Å². The van der Waals surface area contributed by atoms with Crippen molar-refractivity contribution in [1.82, 2.24) is 10.2 Å². The largest absolute Gasteiger partial charge is 0.378 e. The Bertz CT molecular complexity index is 447. The van der Waals surface area contributed by atoms with E-state index in [9.17, 15) is 4.79 Å². The zero-order valence-corrected chi connectivity index (χ0v) is 15.7. The van der Waals surface area contributed by atoms with Gasteiger partial charge in [-0.05, 0) is 32.9 Å². The lowest BCUT2D eigenvalue weighted by Gasteiger charge is -2.44. The van der Waals surface area contributed by atoms with Gasteiger partial charge >= 0.3 is 0 Å². The topological polar surface area (TPSA) is 32.3 Å². The first-order valence-corrected chi connectivity index (χ1v) is 9.94. The second kappa shape index (κ2) is 8.27. The predicted octanol–water partition coefficient (Wildman–Crippen LogP) is 4.46. The van der Waals surface area contributed by atoms with Crippen molar-refractivity contribution >= 4 is 17.7 Å². The minimum atomic E-state index is -0.0648. The minimum Gasteiger partial charge on any atom is -0.378 e. The second-order valence-corrected chi connectivity index (χ2v) is 8.91. The zero-order valence-electron chi connectivity index (χ0n) is 14.9. The van der Waals surface area contributed by atoms with E-state index in [2.05, 4.69) is 38.7 Å². The molecule has 0 bridgehead atoms. The quantitative estimate of drug-likeness (QED) is 0.363. The lowest BCUT2D eigenvalue weighted by atomic mass is 9.96. The number of carbonyl (C=O) groups is 1. The Kier molecular flexibility index (Phi) is 6.63. The number of allylic oxidation sites excluding steroid dienone is 1. The van der Waals surface area contributed by atoms with Gasteiger partial charge in [0.15, 0.2) is 0 Å². The molecule has 3 atom stereocenters. The fourth-order valence-electron chi connectivity index (χ4n) is 3.47. The number of nitrogens with one attached hydrogen (secondary N) is 1. The molecule has 4 heteroatoms. The lowest BCUT2D eigenvalue weighted by molar-refractivity contribution is -0.146. The molecular formula is C19H32N2OS. The number of β-lactam (4-membered cyclic amide) rings is 1. The Balaban J connectivity index is 1.67. The number of amides is 1. The monoisotopic (exact) mass is 336 g/mol. The van der Waals surface area contributed by atoms with Crippen molar-refractivity contribution in [2.75, 3.05) is 0 Å². The fraction of sp³-hybridized carbons (Fsp3) is 0.737. The standard InChI is InChI=1S/C19H32N2OS/c1-5-7-8-9-10-11-12-13-14-20-16-17(22)21-15(6-2)19(3,4)23-18(16)21/h6,13-16,18,20H,2,5,7-12H2,1,3-4H3/b14-13+/t15-,16+,18+/m0/s1. The van der Waals surface area contributed by atoms with E-state index in [1.807, 2.05) is 28.9 Å². The van der Waals surface area contributed by atoms with Crippen LogP contribution in [-0.2, 0) is 4.79 Å². The van der Waals surface area contributed by atoms with Gasteiger partial charge in [-0.1, -0.05) is 51.2 Å². The van der Waals surface area contributed by atoms with Gasteiger partial charge in [0.05, 0.1) is 6.04 Å². The molecule has 1 amide bonds. The SMILES string of the molecule is C=C[C@@H]1N2C(=O)[C@@H](N/C=C/CCCCCCCC)[C@H]2SC1(C)C. The Hall–Kier alpha value is -0.900. The van der Waals surface area contributed by atoms with E-state index in [-0.39, 0.29) is 28.1 Å². The molecule has 3 nitrogen and oxygen atoms in total. The molecular weight excluding hydrogens is 304 g/mol. The van der Waals surface area contributed by atoms with Crippen molar-refractivity contribution in [2.45, 2.75) is 87.9 Å². The third-order valence-corrected chi connectivity index (χ3v) is 6.45. The van der Waals surface area contributed by atoms with Crippen LogP contribution in [-0.4, -0.2) is 33.0 Å². The van der Waals surface area contributed by atoms with Crippen LogP contribution in [0.4, 0.5) is 0 Å². The van der Waals surface area contributed by atoms with E-state index in [1.54, 1.807) is 0 Å². The molecule has 130 valence electrons. The van der Waals surface area contributed by atoms with E-state index in [1.165, 1.54) is 38.5 Å². The summed E-state index contributed by atoms with van der Waals surface area (Å²) in [5.41, 5.74) is 0. The van der Waals surface area contributed by atoms with Crippen molar-refractivity contribution in [2.24, 2.45) is 0 Å². The number of unbranched alkanes of at least 4 members (excludes halogenated alkanes) is 6. The molecule has 1 N–H and O–H groups in total. The summed E-state index contributed by atoms with van der Waals surface area (Å²) in [6.45, 7) is 10.5. The van der Waals surface area contributed by atoms with Gasteiger partial charge in [-0.2, -0.15) is 0 Å². The van der Waals surface area contributed by atoms with E-state index in [0.717, 1.165) is 6.42 Å². The second-order valence-electron chi connectivity index (χ2n) is 7.14. The lowest BCUT2D eigenvalue weighted by Crippen LogP contribution is -2.67. The molecule has 0 aliphatic carbocycles. The van der Waals surface area contributed by atoms with Crippen molar-refractivity contribution in [3.05, 3.63) is 24.9 Å². The van der Waals surface area contributed by atoms with Crippen LogP contribution >= 0.6 is 11.8 Å². The molecule has 23 heavy (non-hydrogen) atoms. The normalized spacial score (nSPS) is 28.7. The summed E-state index contributed by atoms with van der Waals surface area (Å²) in [4.78, 5) is 14.3. The number of nitrogens with zero attached hydrogens (tertiary/aromatic N) is 1. The number of hydrogen-bond acceptors (Lipinski definition) is 3. The summed E-state index contributed by atoms with van der Waals surface area (Å²) >= 11 is 1.88. The van der Waals surface area contributed by atoms with Crippen molar-refractivity contribution in [3.63, 3.8) is 0 Å². The van der Waals surface area contributed by atoms with Crippen LogP contribution in [0.1, 0.15) is 65.7 Å². The van der Waals surface area contributed by atoms with Gasteiger partial charge in [-0.15, -0.1) is 18.3 Å². The minimum absolute atomic E-state index is 0.0563. The van der Waals surface area contributed by atoms with Crippen molar-refractivity contribution in [3.8, 4) is 0 Å². The summed E-state index contributed by atoms with van der Waals surface area (Å²) in [5, 5.41) is 3.56. The fourth-order valence-corrected chi connectivity index (χ4v) is 5.12. The molecule has 2 rings (SSSR count). The number of carbonyl (C=O) groups excluding carboxylic acids is 1. The van der Waals surface area contributed by atoms with Crippen molar-refractivity contribution < 1.29 is 4.79 Å². The molecule has 2 saturated heterocycles. The maximum Gasteiger partial charge on any atom is 0.249 e. The number of hydrogen-bond donors (Lipinski definition) is 1. The molecule has 0 aromatic heterocycles. The first-order valence-electron chi connectivity index (χ1n) is 9.06. The van der Waals surface area contributed by atoms with E-state index >= 15 is 0 Å². The highest BCUT2D eigenvalue weighted by atomic mass is 32.2. The van der Waals surface area contributed by atoms with Crippen LogP contribution in [0, 0.1) is 0 Å². The van der Waals surface area contributed by atoms with Crippen LogP contribution in [0.5, 0.6) is 0 Å². The molecule has 0 spiro atoms. The average Bonchev–Trinajstić information content (AvgIpc) is 2.76. The van der Waals surface area contributed by atoms with Crippen LogP contribution < -0.4 is 5.32 Å². The van der Waals surface area contributed by atoms with Crippen molar-refractivity contribution in [1.29, 1.82) is 0 Å².